The molecule has 8 heteroatoms. The van der Waals surface area contributed by atoms with E-state index in [1.54, 1.807) is 0 Å². The highest BCUT2D eigenvalue weighted by atomic mass is 16.8. The summed E-state index contributed by atoms with van der Waals surface area (Å²) in [4.78, 5) is 10.7. The van der Waals surface area contributed by atoms with Crippen LogP contribution in [-0.2, 0) is 18.9 Å². The van der Waals surface area contributed by atoms with Crippen molar-refractivity contribution in [3.63, 3.8) is 0 Å². The first-order valence-electron chi connectivity index (χ1n) is 4.83. The normalized spacial score (nSPS) is 29.5. The Morgan fingerprint density at radius 2 is 1.41 bits per heavy atom. The van der Waals surface area contributed by atoms with Crippen LogP contribution in [-0.4, -0.2) is 68.5 Å². The van der Waals surface area contributed by atoms with Gasteiger partial charge >= 0.3 is 6.09 Å². The van der Waals surface area contributed by atoms with Gasteiger partial charge in [0, 0.05) is 28.4 Å². The SMILES string of the molecule is COC1(OC)C(O)C(OC)(OC)C1NC(=O)O. The molecule has 0 heterocycles. The van der Waals surface area contributed by atoms with Crippen molar-refractivity contribution in [1.29, 1.82) is 0 Å². The molecule has 0 aromatic carbocycles. The highest BCUT2D eigenvalue weighted by molar-refractivity contribution is 5.65. The summed E-state index contributed by atoms with van der Waals surface area (Å²) in [5.41, 5.74) is 0. The average molecular weight is 251 g/mol. The van der Waals surface area contributed by atoms with Crippen LogP contribution in [0, 0.1) is 0 Å². The van der Waals surface area contributed by atoms with Crippen LogP contribution in [0.25, 0.3) is 0 Å². The third kappa shape index (κ3) is 1.69. The largest absolute Gasteiger partial charge is 0.465 e. The van der Waals surface area contributed by atoms with E-state index in [2.05, 4.69) is 5.32 Å². The summed E-state index contributed by atoms with van der Waals surface area (Å²) < 4.78 is 20.2. The Morgan fingerprint density at radius 3 is 1.65 bits per heavy atom. The highest BCUT2D eigenvalue weighted by Gasteiger charge is 2.76. The van der Waals surface area contributed by atoms with Crippen molar-refractivity contribution >= 4 is 6.09 Å². The van der Waals surface area contributed by atoms with Crippen LogP contribution in [0.2, 0.25) is 0 Å². The summed E-state index contributed by atoms with van der Waals surface area (Å²) in [6.07, 6.45) is -2.60. The van der Waals surface area contributed by atoms with Gasteiger partial charge in [-0.15, -0.1) is 0 Å². The van der Waals surface area contributed by atoms with Gasteiger partial charge in [-0.3, -0.25) is 0 Å². The van der Waals surface area contributed by atoms with E-state index in [0.717, 1.165) is 0 Å². The van der Waals surface area contributed by atoms with Gasteiger partial charge < -0.3 is 34.5 Å². The first-order valence-corrected chi connectivity index (χ1v) is 4.83. The number of hydrogen-bond donors (Lipinski definition) is 3. The maximum Gasteiger partial charge on any atom is 0.405 e. The number of carboxylic acid groups (broad SMARTS) is 1. The molecule has 0 aromatic heterocycles. The van der Waals surface area contributed by atoms with Crippen molar-refractivity contribution in [2.75, 3.05) is 28.4 Å². The predicted molar refractivity (Wildman–Crippen MR) is 54.5 cm³/mol. The second-order valence-electron chi connectivity index (χ2n) is 3.54. The average Bonchev–Trinajstić information content (AvgIpc) is 2.32. The lowest BCUT2D eigenvalue weighted by atomic mass is 9.73. The zero-order valence-corrected chi connectivity index (χ0v) is 10.1. The van der Waals surface area contributed by atoms with E-state index in [1.807, 2.05) is 0 Å². The Kier molecular flexibility index (Phi) is 3.95. The maximum absolute atomic E-state index is 10.7. The van der Waals surface area contributed by atoms with Crippen LogP contribution in [0.1, 0.15) is 0 Å². The van der Waals surface area contributed by atoms with E-state index in [9.17, 15) is 9.90 Å². The molecule has 0 aliphatic heterocycles. The van der Waals surface area contributed by atoms with Crippen LogP contribution >= 0.6 is 0 Å². The van der Waals surface area contributed by atoms with E-state index in [0.29, 0.717) is 0 Å². The first kappa shape index (κ1) is 14.1. The summed E-state index contributed by atoms with van der Waals surface area (Å²) >= 11 is 0. The van der Waals surface area contributed by atoms with Gasteiger partial charge in [0.15, 0.2) is 6.10 Å². The molecule has 3 N–H and O–H groups in total. The number of nitrogens with one attached hydrogen (secondary N) is 1. The zero-order chi connectivity index (χ0) is 13.3. The summed E-state index contributed by atoms with van der Waals surface area (Å²) in [5, 5.41) is 20.9. The number of amides is 1. The van der Waals surface area contributed by atoms with Gasteiger partial charge in [0.05, 0.1) is 0 Å². The molecule has 100 valence electrons. The number of hydrogen-bond acceptors (Lipinski definition) is 6. The molecule has 0 aromatic rings. The second-order valence-corrected chi connectivity index (χ2v) is 3.54. The number of methoxy groups -OCH3 is 4. The second kappa shape index (κ2) is 4.75. The molecule has 0 saturated heterocycles. The third-order valence-electron chi connectivity index (χ3n) is 3.11. The van der Waals surface area contributed by atoms with Gasteiger partial charge in [0.1, 0.15) is 6.04 Å². The van der Waals surface area contributed by atoms with Crippen molar-refractivity contribution in [2.24, 2.45) is 0 Å². The molecule has 0 unspecified atom stereocenters. The first-order chi connectivity index (χ1) is 7.95. The minimum Gasteiger partial charge on any atom is -0.465 e. The van der Waals surface area contributed by atoms with Crippen molar-refractivity contribution in [2.45, 2.75) is 23.7 Å². The quantitative estimate of drug-likeness (QED) is 0.537. The molecular formula is C9H17NO7. The van der Waals surface area contributed by atoms with E-state index in [4.69, 9.17) is 24.1 Å². The van der Waals surface area contributed by atoms with Gasteiger partial charge in [-0.1, -0.05) is 0 Å². The minimum absolute atomic E-state index is 1.02. The Bertz CT molecular complexity index is 267. The third-order valence-corrected chi connectivity index (χ3v) is 3.11. The molecule has 1 rings (SSSR count). The number of rotatable bonds is 5. The van der Waals surface area contributed by atoms with E-state index >= 15 is 0 Å². The van der Waals surface area contributed by atoms with Crippen LogP contribution in [0.15, 0.2) is 0 Å². The number of carbonyl (C=O) groups is 1. The van der Waals surface area contributed by atoms with Crippen molar-refractivity contribution in [1.82, 2.24) is 5.32 Å². The number of aliphatic hydroxyl groups is 1. The molecule has 1 amide bonds. The zero-order valence-electron chi connectivity index (χ0n) is 10.1. The smallest absolute Gasteiger partial charge is 0.405 e. The molecule has 0 spiro atoms. The Labute approximate surface area is 98.4 Å². The summed E-state index contributed by atoms with van der Waals surface area (Å²) in [6, 6.07) is -1.02. The Hall–Kier alpha value is -0.930. The summed E-state index contributed by atoms with van der Waals surface area (Å²) in [6.45, 7) is 0. The molecule has 0 radical (unpaired) electrons. The lowest BCUT2D eigenvalue weighted by molar-refractivity contribution is -0.453. The fraction of sp³-hybridized carbons (Fsp3) is 0.889. The highest BCUT2D eigenvalue weighted by Crippen LogP contribution is 2.47. The fourth-order valence-electron chi connectivity index (χ4n) is 2.19. The van der Waals surface area contributed by atoms with Crippen LogP contribution in [0.5, 0.6) is 0 Å². The van der Waals surface area contributed by atoms with Gasteiger partial charge in [0.25, 0.3) is 0 Å². The lowest BCUT2D eigenvalue weighted by Crippen LogP contribution is -2.87. The lowest BCUT2D eigenvalue weighted by Gasteiger charge is -2.60. The van der Waals surface area contributed by atoms with E-state index in [1.165, 1.54) is 28.4 Å². The number of aliphatic hydroxyl groups excluding tert-OH is 1. The fourth-order valence-corrected chi connectivity index (χ4v) is 2.19. The molecule has 0 bridgehead atoms. The van der Waals surface area contributed by atoms with Gasteiger partial charge in [-0.25, -0.2) is 4.79 Å². The van der Waals surface area contributed by atoms with Crippen LogP contribution in [0.3, 0.4) is 0 Å². The van der Waals surface area contributed by atoms with E-state index < -0.39 is 29.8 Å². The topological polar surface area (TPSA) is 106 Å². The maximum atomic E-state index is 10.7. The summed E-state index contributed by atoms with van der Waals surface area (Å²) in [5.74, 6) is -3.07. The molecule has 1 aliphatic carbocycles. The molecular weight excluding hydrogens is 234 g/mol. The van der Waals surface area contributed by atoms with Gasteiger partial charge in [-0.05, 0) is 0 Å². The van der Waals surface area contributed by atoms with E-state index in [-0.39, 0.29) is 0 Å². The monoisotopic (exact) mass is 251 g/mol. The molecule has 1 saturated carbocycles. The van der Waals surface area contributed by atoms with Gasteiger partial charge in [-0.2, -0.15) is 0 Å². The molecule has 0 atom stereocenters. The predicted octanol–water partition coefficient (Wildman–Crippen LogP) is -1.02. The molecule has 17 heavy (non-hydrogen) atoms. The van der Waals surface area contributed by atoms with Crippen LogP contribution < -0.4 is 5.32 Å². The van der Waals surface area contributed by atoms with Crippen LogP contribution in [0.4, 0.5) is 4.79 Å². The summed E-state index contributed by atoms with van der Waals surface area (Å²) in [7, 11) is 5.16. The Balaban J connectivity index is 3.07. The van der Waals surface area contributed by atoms with Crippen molar-refractivity contribution in [3.8, 4) is 0 Å². The van der Waals surface area contributed by atoms with Crippen molar-refractivity contribution < 1.29 is 34.0 Å². The minimum atomic E-state index is -1.54. The molecule has 8 nitrogen and oxygen atoms in total. The molecule has 1 aliphatic rings. The Morgan fingerprint density at radius 1 is 1.06 bits per heavy atom. The standard InChI is InChI=1S/C9H17NO7/c1-14-8(15-2)5(10-7(12)13)9(16-3,17-4)6(8)11/h5-6,10-11H,1-4H3,(H,12,13). The van der Waals surface area contributed by atoms with Crippen molar-refractivity contribution in [3.05, 3.63) is 0 Å². The number of ether oxygens (including phenoxy) is 4. The van der Waals surface area contributed by atoms with Gasteiger partial charge in [0.2, 0.25) is 11.6 Å². The molecule has 1 fully saturated rings.